The lowest BCUT2D eigenvalue weighted by Crippen LogP contribution is -2.44. The van der Waals surface area contributed by atoms with Gasteiger partial charge in [0.2, 0.25) is 5.91 Å². The highest BCUT2D eigenvalue weighted by Gasteiger charge is 2.44. The summed E-state index contributed by atoms with van der Waals surface area (Å²) in [5.41, 5.74) is 0. The van der Waals surface area contributed by atoms with Crippen LogP contribution in [-0.2, 0) is 14.3 Å². The Balaban J connectivity index is 2.06. The maximum absolute atomic E-state index is 12.6. The fraction of sp³-hybridized carbons (Fsp3) is 0.857. The molecule has 0 bridgehead atoms. The van der Waals surface area contributed by atoms with E-state index in [1.54, 1.807) is 0 Å². The third kappa shape index (κ3) is 3.26. The van der Waals surface area contributed by atoms with Crippen LogP contribution >= 0.6 is 0 Å². The number of carbonyl (C=O) groups is 2. The molecule has 5 heteroatoms. The lowest BCUT2D eigenvalue weighted by molar-refractivity contribution is -0.147. The Morgan fingerprint density at radius 2 is 1.84 bits per heavy atom. The Hall–Kier alpha value is -1.10. The first kappa shape index (κ1) is 14.3. The Morgan fingerprint density at radius 3 is 2.26 bits per heavy atom. The van der Waals surface area contributed by atoms with Gasteiger partial charge in [0.25, 0.3) is 0 Å². The van der Waals surface area contributed by atoms with Gasteiger partial charge in [-0.25, -0.2) is 0 Å². The number of ether oxygens (including phenoxy) is 1. The van der Waals surface area contributed by atoms with Crippen molar-refractivity contribution in [3.63, 3.8) is 0 Å². The second kappa shape index (κ2) is 5.49. The van der Waals surface area contributed by atoms with Crippen LogP contribution in [0.3, 0.4) is 0 Å². The van der Waals surface area contributed by atoms with Crippen LogP contribution in [0.4, 0.5) is 0 Å². The van der Waals surface area contributed by atoms with Gasteiger partial charge in [0.05, 0.1) is 18.1 Å². The van der Waals surface area contributed by atoms with E-state index < -0.39 is 5.97 Å². The number of hydrogen-bond acceptors (Lipinski definition) is 3. The molecule has 0 aromatic carbocycles. The van der Waals surface area contributed by atoms with Crippen LogP contribution in [-0.4, -0.2) is 47.2 Å². The number of carboxylic acids is 1. The zero-order chi connectivity index (χ0) is 14.2. The molecule has 0 aromatic rings. The number of carboxylic acid groups (broad SMARTS) is 1. The molecule has 0 spiro atoms. The monoisotopic (exact) mass is 269 g/mol. The number of nitrogens with zero attached hydrogens (tertiary/aromatic N) is 1. The van der Waals surface area contributed by atoms with E-state index in [0.717, 1.165) is 12.8 Å². The number of hydrogen-bond donors (Lipinski definition) is 1. The van der Waals surface area contributed by atoms with E-state index in [-0.39, 0.29) is 36.5 Å². The molecule has 1 saturated carbocycles. The van der Waals surface area contributed by atoms with E-state index in [2.05, 4.69) is 0 Å². The van der Waals surface area contributed by atoms with Gasteiger partial charge in [-0.15, -0.1) is 0 Å². The van der Waals surface area contributed by atoms with Crippen molar-refractivity contribution in [3.05, 3.63) is 0 Å². The first-order valence-corrected chi connectivity index (χ1v) is 7.06. The number of rotatable bonds is 5. The Kier molecular flexibility index (Phi) is 4.13. The van der Waals surface area contributed by atoms with Crippen molar-refractivity contribution in [3.8, 4) is 0 Å². The molecule has 5 nitrogen and oxygen atoms in total. The van der Waals surface area contributed by atoms with E-state index in [0.29, 0.717) is 12.5 Å². The van der Waals surface area contributed by atoms with Crippen molar-refractivity contribution in [1.29, 1.82) is 0 Å². The summed E-state index contributed by atoms with van der Waals surface area (Å²) in [7, 11) is 0. The smallest absolute Gasteiger partial charge is 0.323 e. The second-order valence-electron chi connectivity index (χ2n) is 5.99. The Labute approximate surface area is 113 Å². The highest BCUT2D eigenvalue weighted by atomic mass is 16.5. The van der Waals surface area contributed by atoms with Gasteiger partial charge in [-0.1, -0.05) is 6.92 Å². The van der Waals surface area contributed by atoms with Crippen molar-refractivity contribution in [1.82, 2.24) is 4.90 Å². The van der Waals surface area contributed by atoms with Gasteiger partial charge in [-0.3, -0.25) is 9.59 Å². The van der Waals surface area contributed by atoms with Crippen molar-refractivity contribution in [2.75, 3.05) is 13.1 Å². The predicted molar refractivity (Wildman–Crippen MR) is 69.6 cm³/mol. The summed E-state index contributed by atoms with van der Waals surface area (Å²) in [5, 5.41) is 8.97. The van der Waals surface area contributed by atoms with Crippen molar-refractivity contribution in [2.24, 2.45) is 17.8 Å². The second-order valence-corrected chi connectivity index (χ2v) is 5.99. The first-order valence-electron chi connectivity index (χ1n) is 7.06. The molecule has 1 amide bonds. The molecule has 4 atom stereocenters. The van der Waals surface area contributed by atoms with Gasteiger partial charge in [0.1, 0.15) is 6.54 Å². The minimum atomic E-state index is -0.943. The van der Waals surface area contributed by atoms with Gasteiger partial charge in [-0.05, 0) is 38.5 Å². The van der Waals surface area contributed by atoms with E-state index in [9.17, 15) is 9.59 Å². The third-order valence-corrected chi connectivity index (χ3v) is 4.34. The Morgan fingerprint density at radius 1 is 1.21 bits per heavy atom. The van der Waals surface area contributed by atoms with Crippen LogP contribution in [0.5, 0.6) is 0 Å². The van der Waals surface area contributed by atoms with Gasteiger partial charge in [0, 0.05) is 6.54 Å². The first-order chi connectivity index (χ1) is 8.90. The fourth-order valence-electron chi connectivity index (χ4n) is 2.91. The van der Waals surface area contributed by atoms with Crippen LogP contribution in [0.15, 0.2) is 0 Å². The minimum absolute atomic E-state index is 0.0524. The van der Waals surface area contributed by atoms with Crippen molar-refractivity contribution in [2.45, 2.75) is 45.8 Å². The lowest BCUT2D eigenvalue weighted by Gasteiger charge is -2.27. The van der Waals surface area contributed by atoms with E-state index in [1.165, 1.54) is 4.90 Å². The molecule has 1 saturated heterocycles. The number of carbonyl (C=O) groups excluding carboxylic acids is 1. The van der Waals surface area contributed by atoms with Crippen LogP contribution in [0, 0.1) is 17.8 Å². The van der Waals surface area contributed by atoms with Gasteiger partial charge < -0.3 is 14.7 Å². The Bertz CT molecular complexity index is 366. The summed E-state index contributed by atoms with van der Waals surface area (Å²) in [6, 6.07) is 0. The summed E-state index contributed by atoms with van der Waals surface area (Å²) in [6.07, 6.45) is 2.13. The molecular formula is C14H23NO4. The van der Waals surface area contributed by atoms with E-state index in [1.807, 2.05) is 20.8 Å². The average molecular weight is 269 g/mol. The average Bonchev–Trinajstić information content (AvgIpc) is 3.06. The summed E-state index contributed by atoms with van der Waals surface area (Å²) in [5.74, 6) is -0.584. The molecular weight excluding hydrogens is 246 g/mol. The highest BCUT2D eigenvalue weighted by Crippen LogP contribution is 2.35. The molecule has 4 unspecified atom stereocenters. The summed E-state index contributed by atoms with van der Waals surface area (Å²) < 4.78 is 5.69. The molecule has 1 heterocycles. The fourth-order valence-corrected chi connectivity index (χ4v) is 2.91. The molecule has 2 rings (SSSR count). The summed E-state index contributed by atoms with van der Waals surface area (Å²) in [6.45, 7) is 6.26. The lowest BCUT2D eigenvalue weighted by atomic mass is 9.88. The molecule has 108 valence electrons. The van der Waals surface area contributed by atoms with E-state index in [4.69, 9.17) is 9.84 Å². The summed E-state index contributed by atoms with van der Waals surface area (Å²) in [4.78, 5) is 25.0. The SMILES string of the molecule is CC1OC(C)C(C(=O)N(CC(=O)O)CC2CC2)C1C. The van der Waals surface area contributed by atoms with Gasteiger partial charge in [0.15, 0.2) is 0 Å². The van der Waals surface area contributed by atoms with Gasteiger partial charge in [-0.2, -0.15) is 0 Å². The van der Waals surface area contributed by atoms with E-state index >= 15 is 0 Å². The molecule has 0 aromatic heterocycles. The standard InChI is InChI=1S/C14H23NO4/c1-8-9(2)19-10(3)13(8)14(18)15(7-12(16)17)6-11-4-5-11/h8-11,13H,4-7H2,1-3H3,(H,16,17). The maximum atomic E-state index is 12.6. The van der Waals surface area contributed by atoms with Crippen LogP contribution < -0.4 is 0 Å². The zero-order valence-corrected chi connectivity index (χ0v) is 11.8. The van der Waals surface area contributed by atoms with Gasteiger partial charge >= 0.3 is 5.97 Å². The molecule has 19 heavy (non-hydrogen) atoms. The molecule has 0 radical (unpaired) electrons. The normalized spacial score (nSPS) is 34.3. The highest BCUT2D eigenvalue weighted by molar-refractivity contribution is 5.84. The third-order valence-electron chi connectivity index (χ3n) is 4.34. The molecule has 2 fully saturated rings. The molecule has 1 aliphatic carbocycles. The topological polar surface area (TPSA) is 66.8 Å². The largest absolute Gasteiger partial charge is 0.480 e. The quantitative estimate of drug-likeness (QED) is 0.818. The van der Waals surface area contributed by atoms with Crippen LogP contribution in [0.25, 0.3) is 0 Å². The zero-order valence-electron chi connectivity index (χ0n) is 11.8. The summed E-state index contributed by atoms with van der Waals surface area (Å²) >= 11 is 0. The number of amides is 1. The molecule has 2 aliphatic rings. The molecule has 1 aliphatic heterocycles. The van der Waals surface area contributed by atoms with Crippen molar-refractivity contribution < 1.29 is 19.4 Å². The minimum Gasteiger partial charge on any atom is -0.480 e. The van der Waals surface area contributed by atoms with Crippen molar-refractivity contribution >= 4 is 11.9 Å². The predicted octanol–water partition coefficient (Wildman–Crippen LogP) is 1.37. The van der Waals surface area contributed by atoms with Crippen LogP contribution in [0.1, 0.15) is 33.6 Å². The molecule has 1 N–H and O–H groups in total. The van der Waals surface area contributed by atoms with Crippen LogP contribution in [0.2, 0.25) is 0 Å². The maximum Gasteiger partial charge on any atom is 0.323 e. The number of aliphatic carboxylic acids is 1.